The summed E-state index contributed by atoms with van der Waals surface area (Å²) in [7, 11) is 0. The van der Waals surface area contributed by atoms with Gasteiger partial charge in [0, 0.05) is 23.4 Å². The second-order valence-electron chi connectivity index (χ2n) is 7.57. The van der Waals surface area contributed by atoms with Crippen molar-refractivity contribution < 1.29 is 29.0 Å². The lowest BCUT2D eigenvalue weighted by Gasteiger charge is -2.25. The highest BCUT2D eigenvalue weighted by molar-refractivity contribution is 5.92. The molecule has 1 N–H and O–H groups in total. The van der Waals surface area contributed by atoms with Crippen molar-refractivity contribution in [3.63, 3.8) is 0 Å². The minimum Gasteiger partial charge on any atom is -0.508 e. The van der Waals surface area contributed by atoms with Gasteiger partial charge in [-0.3, -0.25) is 9.59 Å². The van der Waals surface area contributed by atoms with E-state index in [1.165, 1.54) is 11.8 Å². The van der Waals surface area contributed by atoms with Crippen LogP contribution < -0.4 is 0 Å². The second kappa shape index (κ2) is 7.86. The summed E-state index contributed by atoms with van der Waals surface area (Å²) in [5, 5.41) is 10.8. The van der Waals surface area contributed by atoms with Crippen LogP contribution >= 0.6 is 0 Å². The van der Waals surface area contributed by atoms with E-state index in [0.717, 1.165) is 22.1 Å². The summed E-state index contributed by atoms with van der Waals surface area (Å²) < 4.78 is 10.3. The summed E-state index contributed by atoms with van der Waals surface area (Å²) in [5.74, 6) is -1.11. The zero-order valence-electron chi connectivity index (χ0n) is 17.5. The van der Waals surface area contributed by atoms with E-state index in [1.807, 2.05) is 6.92 Å². The zero-order valence-corrected chi connectivity index (χ0v) is 17.5. The van der Waals surface area contributed by atoms with Crippen molar-refractivity contribution in [1.29, 1.82) is 0 Å². The van der Waals surface area contributed by atoms with Crippen molar-refractivity contribution >= 4 is 34.9 Å². The molecule has 0 fully saturated rings. The first kappa shape index (κ1) is 20.6. The molecule has 2 aliphatic heterocycles. The molecule has 2 aromatic rings. The fourth-order valence-electron chi connectivity index (χ4n) is 4.09. The lowest BCUT2D eigenvalue weighted by molar-refractivity contribution is -0.164. The number of ether oxygens (including phenoxy) is 2. The minimum atomic E-state index is -1.20. The van der Waals surface area contributed by atoms with E-state index in [1.54, 1.807) is 31.2 Å². The molecule has 0 spiro atoms. The van der Waals surface area contributed by atoms with Gasteiger partial charge in [0.05, 0.1) is 23.5 Å². The number of aryl methyl sites for hydroxylation is 1. The van der Waals surface area contributed by atoms with Crippen molar-refractivity contribution in [1.82, 2.24) is 9.88 Å². The number of phenolic OH excluding ortho intramolecular Hbond substituents is 1. The van der Waals surface area contributed by atoms with Crippen molar-refractivity contribution in [2.75, 3.05) is 6.61 Å². The third kappa shape index (κ3) is 3.54. The number of pyridine rings is 1. The third-order valence-electron chi connectivity index (χ3n) is 5.55. The van der Waals surface area contributed by atoms with Crippen LogP contribution in [0.5, 0.6) is 5.75 Å². The first-order valence-corrected chi connectivity index (χ1v) is 9.96. The molecule has 1 aromatic heterocycles. The largest absolute Gasteiger partial charge is 0.508 e. The van der Waals surface area contributed by atoms with E-state index in [0.29, 0.717) is 41.9 Å². The number of benzene rings is 1. The molecule has 31 heavy (non-hydrogen) atoms. The fraction of sp³-hybridized carbons (Fsp3) is 0.304. The van der Waals surface area contributed by atoms with Gasteiger partial charge in [-0.2, -0.15) is 0 Å². The Morgan fingerprint density at radius 3 is 2.87 bits per heavy atom. The molecule has 0 bridgehead atoms. The van der Waals surface area contributed by atoms with E-state index in [-0.39, 0.29) is 12.4 Å². The molecule has 0 saturated heterocycles. The Morgan fingerprint density at radius 2 is 2.19 bits per heavy atom. The van der Waals surface area contributed by atoms with Gasteiger partial charge in [-0.05, 0) is 48.8 Å². The van der Waals surface area contributed by atoms with Crippen LogP contribution in [-0.2, 0) is 36.8 Å². The zero-order chi connectivity index (χ0) is 22.3. The molecule has 4 rings (SSSR count). The molecule has 0 saturated carbocycles. The SMILES string of the molecule is CCc1c2c(nc3ccc(O)cc13)/C(=C/C1=C(C)COC(=O)C1OC(C)=O)N(C=O)C2. The molecule has 1 unspecified atom stereocenters. The predicted molar refractivity (Wildman–Crippen MR) is 112 cm³/mol. The number of aromatic hydroxyl groups is 1. The summed E-state index contributed by atoms with van der Waals surface area (Å²) in [6.45, 7) is 5.41. The number of hydrogen-bond acceptors (Lipinski definition) is 7. The van der Waals surface area contributed by atoms with E-state index < -0.39 is 18.0 Å². The van der Waals surface area contributed by atoms with E-state index in [2.05, 4.69) is 0 Å². The molecule has 0 radical (unpaired) electrons. The molecule has 1 atom stereocenters. The third-order valence-corrected chi connectivity index (χ3v) is 5.55. The molecule has 3 heterocycles. The number of hydrogen-bond donors (Lipinski definition) is 1. The Kier molecular flexibility index (Phi) is 5.22. The first-order chi connectivity index (χ1) is 14.8. The van der Waals surface area contributed by atoms with Crippen LogP contribution in [0, 0.1) is 0 Å². The number of cyclic esters (lactones) is 1. The number of esters is 2. The summed E-state index contributed by atoms with van der Waals surface area (Å²) in [4.78, 5) is 42.0. The van der Waals surface area contributed by atoms with Crippen molar-refractivity contribution in [3.05, 3.63) is 52.2 Å². The van der Waals surface area contributed by atoms with Gasteiger partial charge in [-0.15, -0.1) is 0 Å². The molecule has 1 amide bonds. The quantitative estimate of drug-likeness (QED) is 0.596. The smallest absolute Gasteiger partial charge is 0.352 e. The van der Waals surface area contributed by atoms with Gasteiger partial charge in [-0.25, -0.2) is 9.78 Å². The molecular weight excluding hydrogens is 400 g/mol. The normalized spacial score (nSPS) is 19.6. The summed E-state index contributed by atoms with van der Waals surface area (Å²) >= 11 is 0. The van der Waals surface area contributed by atoms with E-state index in [4.69, 9.17) is 14.5 Å². The minimum absolute atomic E-state index is 0.0777. The van der Waals surface area contributed by atoms with Gasteiger partial charge in [0.25, 0.3) is 0 Å². The number of phenols is 1. The maximum Gasteiger partial charge on any atom is 0.352 e. The van der Waals surface area contributed by atoms with Crippen molar-refractivity contribution in [2.24, 2.45) is 0 Å². The molecule has 160 valence electrons. The highest BCUT2D eigenvalue weighted by Gasteiger charge is 2.35. The topological polar surface area (TPSA) is 106 Å². The number of carbonyl (C=O) groups is 3. The Bertz CT molecular complexity index is 1180. The molecule has 8 heteroatoms. The van der Waals surface area contributed by atoms with Crippen LogP contribution in [0.2, 0.25) is 0 Å². The van der Waals surface area contributed by atoms with Crippen LogP contribution in [0.3, 0.4) is 0 Å². The van der Waals surface area contributed by atoms with Crippen LogP contribution in [0.1, 0.15) is 37.6 Å². The lowest BCUT2D eigenvalue weighted by atomic mass is 9.97. The Morgan fingerprint density at radius 1 is 1.42 bits per heavy atom. The number of rotatable bonds is 4. The van der Waals surface area contributed by atoms with E-state index in [9.17, 15) is 19.5 Å². The summed E-state index contributed by atoms with van der Waals surface area (Å²) in [6.07, 6.45) is 1.89. The fourth-order valence-corrected chi connectivity index (χ4v) is 4.09. The van der Waals surface area contributed by atoms with Gasteiger partial charge in [-0.1, -0.05) is 6.92 Å². The highest BCUT2D eigenvalue weighted by Crippen LogP contribution is 2.38. The second-order valence-corrected chi connectivity index (χ2v) is 7.57. The van der Waals surface area contributed by atoms with Crippen LogP contribution in [0.15, 0.2) is 35.4 Å². The average Bonchev–Trinajstić information content (AvgIpc) is 3.08. The van der Waals surface area contributed by atoms with Gasteiger partial charge in [0.15, 0.2) is 0 Å². The van der Waals surface area contributed by atoms with Gasteiger partial charge in [0.2, 0.25) is 12.5 Å². The number of carbonyl (C=O) groups excluding carboxylic acids is 3. The van der Waals surface area contributed by atoms with Gasteiger partial charge in [0.1, 0.15) is 12.4 Å². The predicted octanol–water partition coefficient (Wildman–Crippen LogP) is 2.62. The maximum atomic E-state index is 12.3. The molecule has 1 aromatic carbocycles. The summed E-state index contributed by atoms with van der Waals surface area (Å²) in [6, 6.07) is 4.97. The van der Waals surface area contributed by atoms with Gasteiger partial charge < -0.3 is 19.5 Å². The molecule has 0 aliphatic carbocycles. The van der Waals surface area contributed by atoms with Crippen molar-refractivity contribution in [2.45, 2.75) is 39.8 Å². The van der Waals surface area contributed by atoms with Crippen LogP contribution in [0.4, 0.5) is 0 Å². The maximum absolute atomic E-state index is 12.3. The number of nitrogens with zero attached hydrogens (tertiary/aromatic N) is 2. The van der Waals surface area contributed by atoms with Crippen LogP contribution in [0.25, 0.3) is 16.6 Å². The summed E-state index contributed by atoms with van der Waals surface area (Å²) in [5.41, 5.74) is 4.93. The van der Waals surface area contributed by atoms with Crippen LogP contribution in [-0.4, -0.2) is 46.0 Å². The average molecular weight is 422 g/mol. The van der Waals surface area contributed by atoms with Gasteiger partial charge >= 0.3 is 11.9 Å². The van der Waals surface area contributed by atoms with Crippen molar-refractivity contribution in [3.8, 4) is 5.75 Å². The monoisotopic (exact) mass is 422 g/mol. The Hall–Kier alpha value is -3.68. The standard InChI is InChI=1S/C23H22N2O6/c1-4-15-17-7-14(28)5-6-19(17)24-21-18(15)9-25(11-26)20(21)8-16-12(2)10-30-23(29)22(16)31-13(3)27/h5-8,11,22,28H,4,9-10H2,1-3H3/b20-8-. The Labute approximate surface area is 178 Å². The molecule has 2 aliphatic rings. The lowest BCUT2D eigenvalue weighted by Crippen LogP contribution is -2.35. The number of amides is 1. The molecular formula is C23H22N2O6. The number of fused-ring (bicyclic) bond motifs is 2. The van der Waals surface area contributed by atoms with E-state index >= 15 is 0 Å². The highest BCUT2D eigenvalue weighted by atomic mass is 16.6. The molecule has 8 nitrogen and oxygen atoms in total. The Balaban J connectivity index is 1.92. The first-order valence-electron chi connectivity index (χ1n) is 9.96. The number of aromatic nitrogens is 1.